The summed E-state index contributed by atoms with van der Waals surface area (Å²) in [6, 6.07) is 10.6. The summed E-state index contributed by atoms with van der Waals surface area (Å²) < 4.78 is 39.0. The van der Waals surface area contributed by atoms with Crippen molar-refractivity contribution in [2.45, 2.75) is 37.6 Å². The van der Waals surface area contributed by atoms with Gasteiger partial charge in [-0.05, 0) is 68.1 Å². The number of methoxy groups -OCH3 is 2. The van der Waals surface area contributed by atoms with E-state index in [4.69, 9.17) is 9.47 Å². The van der Waals surface area contributed by atoms with Crippen molar-refractivity contribution in [1.82, 2.24) is 4.31 Å². The summed E-state index contributed by atoms with van der Waals surface area (Å²) in [5, 5.41) is 0. The Morgan fingerprint density at radius 2 is 1.77 bits per heavy atom. The molecule has 5 nitrogen and oxygen atoms in total. The third-order valence-corrected chi connectivity index (χ3v) is 6.99. The summed E-state index contributed by atoms with van der Waals surface area (Å²) in [5.41, 5.74) is 2.90. The first-order valence-corrected chi connectivity index (χ1v) is 10.1. The van der Waals surface area contributed by atoms with Crippen LogP contribution in [0, 0.1) is 13.8 Å². The highest BCUT2D eigenvalue weighted by atomic mass is 32.2. The van der Waals surface area contributed by atoms with Gasteiger partial charge in [-0.1, -0.05) is 6.07 Å². The lowest BCUT2D eigenvalue weighted by molar-refractivity contribution is 0.361. The van der Waals surface area contributed by atoms with Crippen LogP contribution >= 0.6 is 0 Å². The van der Waals surface area contributed by atoms with Gasteiger partial charge in [0.1, 0.15) is 11.5 Å². The third-order valence-electron chi connectivity index (χ3n) is 5.08. The highest BCUT2D eigenvalue weighted by molar-refractivity contribution is 7.89. The Labute approximate surface area is 155 Å². The van der Waals surface area contributed by atoms with Crippen LogP contribution in [-0.4, -0.2) is 33.5 Å². The topological polar surface area (TPSA) is 55.8 Å². The third kappa shape index (κ3) is 3.31. The number of benzene rings is 2. The van der Waals surface area contributed by atoms with Gasteiger partial charge in [0.05, 0.1) is 25.2 Å². The molecular weight excluding hydrogens is 350 g/mol. The molecule has 6 heteroatoms. The second kappa shape index (κ2) is 7.29. The number of ether oxygens (including phenoxy) is 2. The molecule has 1 fully saturated rings. The molecule has 0 bridgehead atoms. The van der Waals surface area contributed by atoms with Crippen molar-refractivity contribution in [2.24, 2.45) is 0 Å². The van der Waals surface area contributed by atoms with Crippen molar-refractivity contribution in [3.63, 3.8) is 0 Å². The first-order valence-electron chi connectivity index (χ1n) is 8.69. The standard InChI is InChI=1S/C20H25NO4S/c1-14-7-9-17(12-15(14)2)26(22,23)21-11-5-6-19(21)18-13-16(24-3)8-10-20(18)25-4/h7-10,12-13,19H,5-6,11H2,1-4H3/t19-/m0/s1. The molecule has 1 saturated heterocycles. The molecule has 0 saturated carbocycles. The van der Waals surface area contributed by atoms with Gasteiger partial charge in [-0.3, -0.25) is 0 Å². The fourth-order valence-corrected chi connectivity index (χ4v) is 5.21. The molecule has 1 atom stereocenters. The van der Waals surface area contributed by atoms with Crippen LogP contribution in [0.5, 0.6) is 11.5 Å². The first-order chi connectivity index (χ1) is 12.4. The smallest absolute Gasteiger partial charge is 0.243 e. The van der Waals surface area contributed by atoms with Crippen LogP contribution in [0.1, 0.15) is 35.6 Å². The summed E-state index contributed by atoms with van der Waals surface area (Å²) in [7, 11) is -0.382. The summed E-state index contributed by atoms with van der Waals surface area (Å²) in [6.45, 7) is 4.41. The fourth-order valence-electron chi connectivity index (χ4n) is 3.45. The Morgan fingerprint density at radius 3 is 2.42 bits per heavy atom. The maximum Gasteiger partial charge on any atom is 0.243 e. The number of aryl methyl sites for hydroxylation is 2. The Hall–Kier alpha value is -2.05. The minimum Gasteiger partial charge on any atom is -0.497 e. The van der Waals surface area contributed by atoms with Crippen LogP contribution in [-0.2, 0) is 10.0 Å². The van der Waals surface area contributed by atoms with Crippen LogP contribution in [0.15, 0.2) is 41.3 Å². The zero-order chi connectivity index (χ0) is 18.9. The summed E-state index contributed by atoms with van der Waals surface area (Å²) in [6.07, 6.45) is 1.57. The van der Waals surface area contributed by atoms with Crippen LogP contribution in [0.4, 0.5) is 0 Å². The lowest BCUT2D eigenvalue weighted by Crippen LogP contribution is -2.31. The van der Waals surface area contributed by atoms with Crippen molar-refractivity contribution in [3.05, 3.63) is 53.1 Å². The molecule has 140 valence electrons. The average molecular weight is 375 g/mol. The zero-order valence-electron chi connectivity index (χ0n) is 15.7. The van der Waals surface area contributed by atoms with Gasteiger partial charge in [-0.25, -0.2) is 8.42 Å². The van der Waals surface area contributed by atoms with Crippen molar-refractivity contribution >= 4 is 10.0 Å². The highest BCUT2D eigenvalue weighted by Crippen LogP contribution is 2.41. The summed E-state index contributed by atoms with van der Waals surface area (Å²) in [5.74, 6) is 1.37. The predicted octanol–water partition coefficient (Wildman–Crippen LogP) is 3.85. The second-order valence-electron chi connectivity index (χ2n) is 6.63. The molecule has 0 unspecified atom stereocenters. The van der Waals surface area contributed by atoms with Crippen LogP contribution < -0.4 is 9.47 Å². The lowest BCUT2D eigenvalue weighted by atomic mass is 10.0. The van der Waals surface area contributed by atoms with Gasteiger partial charge in [0.2, 0.25) is 10.0 Å². The predicted molar refractivity (Wildman–Crippen MR) is 101 cm³/mol. The Kier molecular flexibility index (Phi) is 5.25. The van der Waals surface area contributed by atoms with Gasteiger partial charge in [-0.15, -0.1) is 0 Å². The minimum absolute atomic E-state index is 0.258. The van der Waals surface area contributed by atoms with Crippen LogP contribution in [0.3, 0.4) is 0 Å². The molecule has 2 aromatic rings. The van der Waals surface area contributed by atoms with E-state index < -0.39 is 10.0 Å². The van der Waals surface area contributed by atoms with Crippen molar-refractivity contribution in [3.8, 4) is 11.5 Å². The van der Waals surface area contributed by atoms with E-state index in [1.807, 2.05) is 38.1 Å². The van der Waals surface area contributed by atoms with Crippen molar-refractivity contribution < 1.29 is 17.9 Å². The molecular formula is C20H25NO4S. The van der Waals surface area contributed by atoms with Crippen molar-refractivity contribution in [2.75, 3.05) is 20.8 Å². The average Bonchev–Trinajstić information content (AvgIpc) is 3.13. The molecule has 1 aliphatic heterocycles. The van der Waals surface area contributed by atoms with Crippen LogP contribution in [0.25, 0.3) is 0 Å². The monoisotopic (exact) mass is 375 g/mol. The van der Waals surface area contributed by atoms with Gasteiger partial charge in [0, 0.05) is 12.1 Å². The molecule has 0 N–H and O–H groups in total. The molecule has 3 rings (SSSR count). The number of sulfonamides is 1. The molecule has 0 amide bonds. The van der Waals surface area contributed by atoms with E-state index in [1.165, 1.54) is 0 Å². The van der Waals surface area contributed by atoms with Gasteiger partial charge in [0.15, 0.2) is 0 Å². The SMILES string of the molecule is COc1ccc(OC)c([C@@H]2CCCN2S(=O)(=O)c2ccc(C)c(C)c2)c1. The van der Waals surface area contributed by atoms with E-state index in [1.54, 1.807) is 30.7 Å². The normalized spacial score (nSPS) is 18.1. The molecule has 0 aliphatic carbocycles. The highest BCUT2D eigenvalue weighted by Gasteiger charge is 2.37. The minimum atomic E-state index is -3.58. The maximum atomic E-state index is 13.3. The fraction of sp³-hybridized carbons (Fsp3) is 0.400. The van der Waals surface area contributed by atoms with Gasteiger partial charge in [-0.2, -0.15) is 4.31 Å². The van der Waals surface area contributed by atoms with E-state index in [2.05, 4.69) is 0 Å². The van der Waals surface area contributed by atoms with Gasteiger partial charge in [0.25, 0.3) is 0 Å². The number of hydrogen-bond acceptors (Lipinski definition) is 4. The Bertz CT molecular complexity index is 908. The summed E-state index contributed by atoms with van der Waals surface area (Å²) >= 11 is 0. The number of nitrogens with zero attached hydrogens (tertiary/aromatic N) is 1. The number of rotatable bonds is 5. The van der Waals surface area contributed by atoms with E-state index in [0.29, 0.717) is 22.9 Å². The van der Waals surface area contributed by atoms with E-state index in [-0.39, 0.29) is 6.04 Å². The lowest BCUT2D eigenvalue weighted by Gasteiger charge is -2.26. The van der Waals surface area contributed by atoms with Crippen LogP contribution in [0.2, 0.25) is 0 Å². The zero-order valence-corrected chi connectivity index (χ0v) is 16.5. The molecule has 1 heterocycles. The van der Waals surface area contributed by atoms with E-state index in [0.717, 1.165) is 29.5 Å². The van der Waals surface area contributed by atoms with E-state index >= 15 is 0 Å². The quantitative estimate of drug-likeness (QED) is 0.797. The Balaban J connectivity index is 2.04. The van der Waals surface area contributed by atoms with Crippen molar-refractivity contribution in [1.29, 1.82) is 0 Å². The maximum absolute atomic E-state index is 13.3. The van der Waals surface area contributed by atoms with Gasteiger partial charge < -0.3 is 9.47 Å². The Morgan fingerprint density at radius 1 is 1.00 bits per heavy atom. The first kappa shape index (κ1) is 18.7. The summed E-state index contributed by atoms with van der Waals surface area (Å²) in [4.78, 5) is 0.342. The van der Waals surface area contributed by atoms with E-state index in [9.17, 15) is 8.42 Å². The molecule has 1 aliphatic rings. The van der Waals surface area contributed by atoms with Gasteiger partial charge >= 0.3 is 0 Å². The molecule has 0 radical (unpaired) electrons. The molecule has 2 aromatic carbocycles. The number of hydrogen-bond donors (Lipinski definition) is 0. The molecule has 0 aromatic heterocycles. The molecule has 26 heavy (non-hydrogen) atoms. The largest absolute Gasteiger partial charge is 0.497 e. The molecule has 0 spiro atoms. The second-order valence-corrected chi connectivity index (χ2v) is 8.52.